The Hall–Kier alpha value is -0.860. The molecule has 1 heterocycles. The maximum Gasteiger partial charge on any atom is 0.193 e. The van der Waals surface area contributed by atoms with Crippen LogP contribution in [0.5, 0.6) is 0 Å². The largest absolute Gasteiger partial charge is 0.370 e. The Morgan fingerprint density at radius 1 is 1.23 bits per heavy atom. The number of anilines is 1. The Morgan fingerprint density at radius 2 is 1.82 bits per heavy atom. The van der Waals surface area contributed by atoms with E-state index < -0.39 is 0 Å². The van der Waals surface area contributed by atoms with Crippen LogP contribution in [-0.2, 0) is 0 Å². The topological polar surface area (TPSA) is 56.9 Å². The Morgan fingerprint density at radius 3 is 2.41 bits per heavy atom. The molecule has 0 saturated carbocycles. The number of rotatable bonds is 4. The maximum atomic E-state index is 5.96. The minimum Gasteiger partial charge on any atom is -0.370 e. The van der Waals surface area contributed by atoms with E-state index in [1.165, 1.54) is 5.56 Å². The highest BCUT2D eigenvalue weighted by molar-refractivity contribution is 14.0. The van der Waals surface area contributed by atoms with E-state index in [0.29, 0.717) is 12.0 Å². The van der Waals surface area contributed by atoms with Crippen LogP contribution in [0.15, 0.2) is 29.3 Å². The van der Waals surface area contributed by atoms with Gasteiger partial charge in [-0.25, -0.2) is 0 Å². The van der Waals surface area contributed by atoms with Crippen LogP contribution in [0.2, 0.25) is 0 Å². The number of piperazine rings is 1. The van der Waals surface area contributed by atoms with Crippen molar-refractivity contribution in [2.24, 2.45) is 10.7 Å². The molecule has 1 fully saturated rings. The van der Waals surface area contributed by atoms with Gasteiger partial charge in [-0.15, -0.1) is 24.0 Å². The number of aliphatic imine (C=N–C) groups is 1. The SMILES string of the molecule is Cc1ccc(NC(N)=NCC(C)N2CCN(C)CC2)cc1.I. The molecule has 1 aliphatic heterocycles. The van der Waals surface area contributed by atoms with Crippen molar-refractivity contribution in [3.8, 4) is 0 Å². The number of nitrogens with two attached hydrogens (primary N) is 1. The second-order valence-corrected chi connectivity index (χ2v) is 5.91. The van der Waals surface area contributed by atoms with Crippen LogP contribution in [-0.4, -0.2) is 61.6 Å². The molecule has 0 bridgehead atoms. The second kappa shape index (κ2) is 9.32. The summed E-state index contributed by atoms with van der Waals surface area (Å²) < 4.78 is 0. The van der Waals surface area contributed by atoms with Gasteiger partial charge in [0.1, 0.15) is 0 Å². The Balaban J connectivity index is 0.00000242. The average molecular weight is 417 g/mol. The monoisotopic (exact) mass is 417 g/mol. The van der Waals surface area contributed by atoms with Crippen LogP contribution < -0.4 is 11.1 Å². The summed E-state index contributed by atoms with van der Waals surface area (Å²) in [6.45, 7) is 9.49. The lowest BCUT2D eigenvalue weighted by molar-refractivity contribution is 0.122. The summed E-state index contributed by atoms with van der Waals surface area (Å²) in [6.07, 6.45) is 0. The van der Waals surface area contributed by atoms with E-state index >= 15 is 0 Å². The number of likely N-dealkylation sites (N-methyl/N-ethyl adjacent to an activating group) is 1. The molecule has 0 aromatic heterocycles. The fourth-order valence-electron chi connectivity index (χ4n) is 2.43. The normalized spacial score (nSPS) is 18.6. The molecule has 0 radical (unpaired) electrons. The minimum absolute atomic E-state index is 0. The number of hydrogen-bond acceptors (Lipinski definition) is 3. The van der Waals surface area contributed by atoms with Crippen molar-refractivity contribution in [1.82, 2.24) is 9.80 Å². The molecule has 6 heteroatoms. The smallest absolute Gasteiger partial charge is 0.193 e. The van der Waals surface area contributed by atoms with Crippen LogP contribution in [0.4, 0.5) is 5.69 Å². The molecule has 1 aromatic rings. The number of nitrogens with zero attached hydrogens (tertiary/aromatic N) is 3. The fourth-order valence-corrected chi connectivity index (χ4v) is 2.43. The lowest BCUT2D eigenvalue weighted by Crippen LogP contribution is -2.49. The van der Waals surface area contributed by atoms with Gasteiger partial charge in [0, 0.05) is 37.9 Å². The Bertz CT molecular complexity index is 466. The number of guanidine groups is 1. The lowest BCUT2D eigenvalue weighted by Gasteiger charge is -2.35. The Kier molecular flexibility index (Phi) is 8.13. The maximum absolute atomic E-state index is 5.96. The van der Waals surface area contributed by atoms with Gasteiger partial charge >= 0.3 is 0 Å². The van der Waals surface area contributed by atoms with Crippen molar-refractivity contribution in [3.63, 3.8) is 0 Å². The second-order valence-electron chi connectivity index (χ2n) is 5.91. The number of aryl methyl sites for hydroxylation is 1. The summed E-state index contributed by atoms with van der Waals surface area (Å²) in [5.41, 5.74) is 8.17. The molecule has 1 atom stereocenters. The standard InChI is InChI=1S/C16H27N5.HI/c1-13-4-6-15(7-5-13)19-16(17)18-12-14(2)21-10-8-20(3)9-11-21;/h4-7,14H,8-12H2,1-3H3,(H3,17,18,19);1H. The van der Waals surface area contributed by atoms with E-state index in [2.05, 4.69) is 53.1 Å². The summed E-state index contributed by atoms with van der Waals surface area (Å²) in [7, 11) is 2.17. The van der Waals surface area contributed by atoms with Crippen LogP contribution in [0.1, 0.15) is 12.5 Å². The van der Waals surface area contributed by atoms with Gasteiger partial charge in [0.2, 0.25) is 0 Å². The molecule has 124 valence electrons. The van der Waals surface area contributed by atoms with Gasteiger partial charge in [-0.1, -0.05) is 17.7 Å². The van der Waals surface area contributed by atoms with Crippen LogP contribution >= 0.6 is 24.0 Å². The zero-order chi connectivity index (χ0) is 15.2. The molecule has 22 heavy (non-hydrogen) atoms. The van der Waals surface area contributed by atoms with Gasteiger partial charge < -0.3 is 16.0 Å². The van der Waals surface area contributed by atoms with Crippen LogP contribution in [0, 0.1) is 6.92 Å². The van der Waals surface area contributed by atoms with Crippen LogP contribution in [0.3, 0.4) is 0 Å². The number of nitrogens with one attached hydrogen (secondary N) is 1. The molecule has 1 aromatic carbocycles. The van der Waals surface area contributed by atoms with Gasteiger partial charge in [-0.05, 0) is 33.0 Å². The highest BCUT2D eigenvalue weighted by Gasteiger charge is 2.18. The first-order valence-corrected chi connectivity index (χ1v) is 7.61. The van der Waals surface area contributed by atoms with E-state index in [4.69, 9.17) is 5.73 Å². The van der Waals surface area contributed by atoms with Gasteiger partial charge in [0.25, 0.3) is 0 Å². The highest BCUT2D eigenvalue weighted by atomic mass is 127. The molecule has 3 N–H and O–H groups in total. The van der Waals surface area contributed by atoms with Crippen molar-refractivity contribution in [2.75, 3.05) is 45.1 Å². The predicted octanol–water partition coefficient (Wildman–Crippen LogP) is 1.98. The molecule has 0 amide bonds. The molecule has 2 rings (SSSR count). The first kappa shape index (κ1) is 19.2. The number of benzene rings is 1. The molecule has 0 spiro atoms. The van der Waals surface area contributed by atoms with Crippen molar-refractivity contribution in [1.29, 1.82) is 0 Å². The zero-order valence-electron chi connectivity index (χ0n) is 13.7. The van der Waals surface area contributed by atoms with E-state index in [1.807, 2.05) is 12.1 Å². The molecule has 0 aliphatic carbocycles. The first-order valence-electron chi connectivity index (χ1n) is 7.61. The van der Waals surface area contributed by atoms with E-state index in [-0.39, 0.29) is 24.0 Å². The van der Waals surface area contributed by atoms with Gasteiger partial charge in [-0.3, -0.25) is 9.89 Å². The minimum atomic E-state index is 0. The zero-order valence-corrected chi connectivity index (χ0v) is 16.1. The summed E-state index contributed by atoms with van der Waals surface area (Å²) in [6, 6.07) is 8.57. The van der Waals surface area contributed by atoms with Gasteiger partial charge in [-0.2, -0.15) is 0 Å². The molecule has 1 aliphatic rings. The number of halogens is 1. The Labute approximate surface area is 151 Å². The predicted molar refractivity (Wildman–Crippen MR) is 105 cm³/mol. The summed E-state index contributed by atoms with van der Waals surface area (Å²) in [5.74, 6) is 0.486. The van der Waals surface area contributed by atoms with Crippen LogP contribution in [0.25, 0.3) is 0 Å². The third-order valence-electron chi connectivity index (χ3n) is 4.01. The third kappa shape index (κ3) is 6.10. The molecule has 5 nitrogen and oxygen atoms in total. The average Bonchev–Trinajstić information content (AvgIpc) is 2.48. The van der Waals surface area contributed by atoms with Crippen molar-refractivity contribution < 1.29 is 0 Å². The third-order valence-corrected chi connectivity index (χ3v) is 4.01. The van der Waals surface area contributed by atoms with Gasteiger partial charge in [0.15, 0.2) is 5.96 Å². The summed E-state index contributed by atoms with van der Waals surface area (Å²) in [4.78, 5) is 9.30. The van der Waals surface area contributed by atoms with E-state index in [0.717, 1.165) is 38.4 Å². The van der Waals surface area contributed by atoms with Crippen molar-refractivity contribution >= 4 is 35.6 Å². The van der Waals surface area contributed by atoms with E-state index in [9.17, 15) is 0 Å². The molecule has 1 saturated heterocycles. The summed E-state index contributed by atoms with van der Waals surface area (Å²) in [5, 5.41) is 3.14. The van der Waals surface area contributed by atoms with Gasteiger partial charge in [0.05, 0.1) is 6.54 Å². The quantitative estimate of drug-likeness (QED) is 0.447. The molecular weight excluding hydrogens is 389 g/mol. The summed E-state index contributed by atoms with van der Waals surface area (Å²) >= 11 is 0. The van der Waals surface area contributed by atoms with Crippen molar-refractivity contribution in [2.45, 2.75) is 19.9 Å². The fraction of sp³-hybridized carbons (Fsp3) is 0.562. The molecule has 1 unspecified atom stereocenters. The first-order chi connectivity index (χ1) is 10.0. The van der Waals surface area contributed by atoms with Crippen molar-refractivity contribution in [3.05, 3.63) is 29.8 Å². The highest BCUT2D eigenvalue weighted by Crippen LogP contribution is 2.08. The molecular formula is C16H28IN5. The lowest BCUT2D eigenvalue weighted by atomic mass is 10.2. The van der Waals surface area contributed by atoms with E-state index in [1.54, 1.807) is 0 Å². The number of hydrogen-bond donors (Lipinski definition) is 2.